The van der Waals surface area contributed by atoms with E-state index < -0.39 is 15.9 Å². The Bertz CT molecular complexity index is 934. The molecular formula is C20H25ClN2O5S. The summed E-state index contributed by atoms with van der Waals surface area (Å²) >= 11 is 5.94. The highest BCUT2D eigenvalue weighted by Crippen LogP contribution is 2.28. The highest BCUT2D eigenvalue weighted by molar-refractivity contribution is 7.89. The minimum absolute atomic E-state index is 0.0266. The van der Waals surface area contributed by atoms with Crippen molar-refractivity contribution in [2.75, 3.05) is 31.7 Å². The highest BCUT2D eigenvalue weighted by atomic mass is 35.5. The van der Waals surface area contributed by atoms with E-state index in [4.69, 9.17) is 21.1 Å². The molecule has 158 valence electrons. The molecule has 9 heteroatoms. The molecule has 2 rings (SSSR count). The second-order valence-corrected chi connectivity index (χ2v) is 8.21. The number of rotatable bonds is 11. The summed E-state index contributed by atoms with van der Waals surface area (Å²) in [6, 6.07) is 10.8. The molecule has 0 aliphatic carbocycles. The summed E-state index contributed by atoms with van der Waals surface area (Å²) < 4.78 is 38.4. The molecule has 0 fully saturated rings. The van der Waals surface area contributed by atoms with E-state index in [9.17, 15) is 13.2 Å². The van der Waals surface area contributed by atoms with Gasteiger partial charge in [-0.25, -0.2) is 13.1 Å². The second kappa shape index (κ2) is 11.2. The number of amides is 1. The summed E-state index contributed by atoms with van der Waals surface area (Å²) in [5.74, 6) is -0.0501. The van der Waals surface area contributed by atoms with Crippen LogP contribution in [0.25, 0.3) is 0 Å². The van der Waals surface area contributed by atoms with Crippen LogP contribution in [0.15, 0.2) is 47.4 Å². The molecule has 0 aromatic heterocycles. The van der Waals surface area contributed by atoms with Crippen molar-refractivity contribution in [3.63, 3.8) is 0 Å². The quantitative estimate of drug-likeness (QED) is 0.519. The van der Waals surface area contributed by atoms with Crippen molar-refractivity contribution in [3.05, 3.63) is 53.1 Å². The van der Waals surface area contributed by atoms with Crippen molar-refractivity contribution < 1.29 is 22.7 Å². The maximum absolute atomic E-state index is 12.6. The zero-order chi connectivity index (χ0) is 21.3. The van der Waals surface area contributed by atoms with Gasteiger partial charge in [0, 0.05) is 30.3 Å². The molecule has 7 nitrogen and oxygen atoms in total. The zero-order valence-electron chi connectivity index (χ0n) is 16.4. The fourth-order valence-electron chi connectivity index (χ4n) is 2.49. The van der Waals surface area contributed by atoms with Crippen molar-refractivity contribution in [1.29, 1.82) is 0 Å². The molecule has 2 aromatic rings. The first-order valence-electron chi connectivity index (χ1n) is 9.28. The molecule has 0 saturated carbocycles. The van der Waals surface area contributed by atoms with Crippen molar-refractivity contribution >= 4 is 33.2 Å². The molecule has 2 aromatic carbocycles. The lowest BCUT2D eigenvalue weighted by Crippen LogP contribution is -2.26. The number of hydrogen-bond donors (Lipinski definition) is 2. The second-order valence-electron chi connectivity index (χ2n) is 6.00. The van der Waals surface area contributed by atoms with E-state index in [2.05, 4.69) is 10.0 Å². The molecule has 0 atom stereocenters. The average molecular weight is 441 g/mol. The van der Waals surface area contributed by atoms with Gasteiger partial charge in [-0.05, 0) is 56.7 Å². The van der Waals surface area contributed by atoms with Gasteiger partial charge in [0.05, 0.1) is 17.2 Å². The molecule has 0 aliphatic rings. The normalized spacial score (nSPS) is 11.3. The predicted molar refractivity (Wildman–Crippen MR) is 113 cm³/mol. The van der Waals surface area contributed by atoms with Crippen LogP contribution < -0.4 is 14.8 Å². The smallest absolute Gasteiger partial charge is 0.255 e. The Kier molecular flexibility index (Phi) is 8.91. The van der Waals surface area contributed by atoms with Gasteiger partial charge in [0.2, 0.25) is 10.0 Å². The van der Waals surface area contributed by atoms with E-state index in [0.29, 0.717) is 42.6 Å². The van der Waals surface area contributed by atoms with Crippen LogP contribution in [0.3, 0.4) is 0 Å². The first-order chi connectivity index (χ1) is 13.9. The number of anilines is 1. The van der Waals surface area contributed by atoms with Crippen molar-refractivity contribution in [2.24, 2.45) is 0 Å². The molecule has 0 spiro atoms. The number of hydrogen-bond acceptors (Lipinski definition) is 5. The van der Waals surface area contributed by atoms with Crippen LogP contribution in [0.1, 0.15) is 30.6 Å². The van der Waals surface area contributed by atoms with Crippen LogP contribution in [0.2, 0.25) is 5.02 Å². The third-order valence-corrected chi connectivity index (χ3v) is 5.55. The lowest BCUT2D eigenvalue weighted by atomic mass is 10.2. The zero-order valence-corrected chi connectivity index (χ0v) is 18.0. The van der Waals surface area contributed by atoms with Gasteiger partial charge in [-0.1, -0.05) is 17.7 Å². The van der Waals surface area contributed by atoms with E-state index in [1.807, 2.05) is 6.92 Å². The molecule has 2 N–H and O–H groups in total. The van der Waals surface area contributed by atoms with Crippen LogP contribution in [0.5, 0.6) is 5.75 Å². The Balaban J connectivity index is 2.21. The lowest BCUT2D eigenvalue weighted by Gasteiger charge is -2.14. The van der Waals surface area contributed by atoms with E-state index in [-0.39, 0.29) is 17.1 Å². The van der Waals surface area contributed by atoms with Crippen LogP contribution in [-0.2, 0) is 14.8 Å². The molecule has 0 radical (unpaired) electrons. The number of carbonyl (C=O) groups is 1. The summed E-state index contributed by atoms with van der Waals surface area (Å²) in [6.07, 6.45) is 0.558. The van der Waals surface area contributed by atoms with E-state index in [1.165, 1.54) is 24.3 Å². The number of carbonyl (C=O) groups excluding carboxylic acids is 1. The summed E-state index contributed by atoms with van der Waals surface area (Å²) in [4.78, 5) is 12.6. The van der Waals surface area contributed by atoms with Gasteiger partial charge in [0.15, 0.2) is 0 Å². The number of ether oxygens (including phenoxy) is 2. The molecule has 0 aliphatic heterocycles. The number of halogens is 1. The van der Waals surface area contributed by atoms with Gasteiger partial charge >= 0.3 is 0 Å². The molecule has 0 unspecified atom stereocenters. The van der Waals surface area contributed by atoms with Gasteiger partial charge in [-0.15, -0.1) is 0 Å². The topological polar surface area (TPSA) is 93.7 Å². The Morgan fingerprint density at radius 3 is 2.59 bits per heavy atom. The molecule has 0 saturated heterocycles. The highest BCUT2D eigenvalue weighted by Gasteiger charge is 2.18. The first kappa shape index (κ1) is 23.2. The third-order valence-electron chi connectivity index (χ3n) is 3.86. The van der Waals surface area contributed by atoms with Gasteiger partial charge in [0.25, 0.3) is 5.91 Å². The number of nitrogens with one attached hydrogen (secondary N) is 2. The Morgan fingerprint density at radius 2 is 1.90 bits per heavy atom. The van der Waals surface area contributed by atoms with E-state index in [1.54, 1.807) is 25.1 Å². The van der Waals surface area contributed by atoms with Crippen LogP contribution in [0, 0.1) is 0 Å². The summed E-state index contributed by atoms with van der Waals surface area (Å²) in [6.45, 7) is 5.35. The number of benzene rings is 2. The third kappa shape index (κ3) is 7.01. The van der Waals surface area contributed by atoms with E-state index >= 15 is 0 Å². The Hall–Kier alpha value is -2.13. The van der Waals surface area contributed by atoms with Gasteiger partial charge in [0.1, 0.15) is 5.75 Å². The molecule has 0 heterocycles. The summed E-state index contributed by atoms with van der Waals surface area (Å²) in [7, 11) is -3.74. The summed E-state index contributed by atoms with van der Waals surface area (Å²) in [5.41, 5.74) is 0.608. The minimum Gasteiger partial charge on any atom is -0.492 e. The predicted octanol–water partition coefficient (Wildman–Crippen LogP) is 3.70. The monoisotopic (exact) mass is 440 g/mol. The number of sulfonamides is 1. The van der Waals surface area contributed by atoms with Gasteiger partial charge in [-0.2, -0.15) is 0 Å². The van der Waals surface area contributed by atoms with Crippen LogP contribution in [-0.4, -0.2) is 40.7 Å². The fraction of sp³-hybridized carbons (Fsp3) is 0.350. The summed E-state index contributed by atoms with van der Waals surface area (Å²) in [5, 5.41) is 3.13. The fourth-order valence-corrected chi connectivity index (χ4v) is 3.78. The first-order valence-corrected chi connectivity index (χ1v) is 11.1. The standard InChI is InChI=1S/C20H25ClN2O5S/c1-3-27-12-6-11-22-29(25,26)17-9-10-19(28-4-2)18(14-17)23-20(24)15-7-5-8-16(21)13-15/h5,7-10,13-14,22H,3-4,6,11-12H2,1-2H3,(H,23,24). The van der Waals surface area contributed by atoms with Crippen LogP contribution in [0.4, 0.5) is 5.69 Å². The average Bonchev–Trinajstić information content (AvgIpc) is 2.69. The molecule has 29 heavy (non-hydrogen) atoms. The molecular weight excluding hydrogens is 416 g/mol. The Morgan fingerprint density at radius 1 is 1.10 bits per heavy atom. The van der Waals surface area contributed by atoms with E-state index in [0.717, 1.165) is 0 Å². The van der Waals surface area contributed by atoms with Crippen molar-refractivity contribution in [1.82, 2.24) is 4.72 Å². The largest absolute Gasteiger partial charge is 0.492 e. The van der Waals surface area contributed by atoms with Crippen LogP contribution >= 0.6 is 11.6 Å². The maximum atomic E-state index is 12.6. The maximum Gasteiger partial charge on any atom is 0.255 e. The lowest BCUT2D eigenvalue weighted by molar-refractivity contribution is 0.102. The van der Waals surface area contributed by atoms with Gasteiger partial charge < -0.3 is 14.8 Å². The molecule has 1 amide bonds. The Labute approximate surface area is 176 Å². The molecule has 0 bridgehead atoms. The van der Waals surface area contributed by atoms with Crippen molar-refractivity contribution in [3.8, 4) is 5.75 Å². The SMILES string of the molecule is CCOCCCNS(=O)(=O)c1ccc(OCC)c(NC(=O)c2cccc(Cl)c2)c1. The minimum atomic E-state index is -3.74. The van der Waals surface area contributed by atoms with Gasteiger partial charge in [-0.3, -0.25) is 4.79 Å². The van der Waals surface area contributed by atoms with Crippen molar-refractivity contribution in [2.45, 2.75) is 25.2 Å².